The van der Waals surface area contributed by atoms with Gasteiger partial charge in [-0.05, 0) is 12.1 Å². The van der Waals surface area contributed by atoms with Crippen molar-refractivity contribution in [2.24, 2.45) is 0 Å². The summed E-state index contributed by atoms with van der Waals surface area (Å²) in [6, 6.07) is 4.90. The van der Waals surface area contributed by atoms with Gasteiger partial charge in [-0.3, -0.25) is 4.89 Å². The summed E-state index contributed by atoms with van der Waals surface area (Å²) in [5.74, 6) is -0.596. The summed E-state index contributed by atoms with van der Waals surface area (Å²) >= 11 is 0. The van der Waals surface area contributed by atoms with Crippen LogP contribution in [0.25, 0.3) is 0 Å². The van der Waals surface area contributed by atoms with Gasteiger partial charge < -0.3 is 8.96 Å². The Morgan fingerprint density at radius 2 is 2.23 bits per heavy atom. The number of benzene rings is 1. The van der Waals surface area contributed by atoms with E-state index in [4.69, 9.17) is 4.89 Å². The van der Waals surface area contributed by atoms with E-state index in [1.807, 2.05) is 0 Å². The van der Waals surface area contributed by atoms with Crippen LogP contribution in [0.4, 0.5) is 4.39 Å². The minimum atomic E-state index is -4.08. The zero-order valence-corrected chi connectivity index (χ0v) is 7.70. The lowest BCUT2D eigenvalue weighted by atomic mass is 10.3. The van der Waals surface area contributed by atoms with E-state index >= 15 is 0 Å². The van der Waals surface area contributed by atoms with E-state index in [1.165, 1.54) is 18.2 Å². The molecule has 0 amide bonds. The maximum Gasteiger partial charge on any atom is 0.512 e. The molecule has 0 aromatic heterocycles. The summed E-state index contributed by atoms with van der Waals surface area (Å²) in [5.41, 5.74) is 0. The minimum absolute atomic E-state index is 0.0484. The topological polar surface area (TPSA) is 55.8 Å². The Labute approximate surface area is 75.4 Å². The molecule has 0 spiro atoms. The van der Waals surface area contributed by atoms with E-state index in [0.717, 1.165) is 14.1 Å². The van der Waals surface area contributed by atoms with Crippen molar-refractivity contribution >= 4 is 15.9 Å². The van der Waals surface area contributed by atoms with E-state index in [0.29, 0.717) is 0 Å². The van der Waals surface area contributed by atoms with Crippen molar-refractivity contribution in [2.45, 2.75) is 0 Å². The van der Waals surface area contributed by atoms with Crippen LogP contribution in [0.15, 0.2) is 24.3 Å². The Morgan fingerprint density at radius 1 is 1.54 bits per heavy atom. The fourth-order valence-electron chi connectivity index (χ4n) is 0.694. The highest BCUT2D eigenvalue weighted by atomic mass is 31.2. The minimum Gasteiger partial charge on any atom is -0.405 e. The number of rotatable bonds is 3. The van der Waals surface area contributed by atoms with Gasteiger partial charge in [-0.2, -0.15) is 0 Å². The molecule has 4 nitrogen and oxygen atoms in total. The second-order valence-corrected chi connectivity index (χ2v) is 3.68. The van der Waals surface area contributed by atoms with E-state index in [9.17, 15) is 8.96 Å². The largest absolute Gasteiger partial charge is 0.512 e. The van der Waals surface area contributed by atoms with Crippen molar-refractivity contribution in [2.75, 3.05) is 0 Å². The van der Waals surface area contributed by atoms with Gasteiger partial charge in [0.05, 0.1) is 0 Å². The maximum absolute atomic E-state index is 12.6. The lowest BCUT2D eigenvalue weighted by Gasteiger charge is -2.10. The first-order chi connectivity index (χ1) is 6.03. The van der Waals surface area contributed by atoms with Crippen LogP contribution in [-0.2, 0) is 9.01 Å². The molecule has 0 heterocycles. The molecule has 1 atom stereocenters. The van der Waals surface area contributed by atoms with Crippen LogP contribution in [0, 0.1) is 5.82 Å². The Kier molecular flexibility index (Phi) is 3.09. The summed E-state index contributed by atoms with van der Waals surface area (Å²) in [5, 5.41) is 0. The van der Waals surface area contributed by atoms with Crippen LogP contribution in [0.1, 0.15) is 0 Å². The van der Waals surface area contributed by atoms with Crippen LogP contribution in [-0.4, -0.2) is 12.9 Å². The number of halogens is 1. The molecule has 0 saturated carbocycles. The van der Waals surface area contributed by atoms with E-state index in [1.54, 1.807) is 0 Å². The van der Waals surface area contributed by atoms with Crippen molar-refractivity contribution in [1.29, 1.82) is 0 Å². The van der Waals surface area contributed by atoms with Crippen LogP contribution in [0.5, 0.6) is 5.75 Å². The highest BCUT2D eigenvalue weighted by Crippen LogP contribution is 2.42. The fraction of sp³-hybridized carbons (Fsp3) is 0. The Hall–Kier alpha value is -0.835. The predicted molar refractivity (Wildman–Crippen MR) is 46.5 cm³/mol. The summed E-state index contributed by atoms with van der Waals surface area (Å²) in [7, 11) is -3.05. The van der Waals surface area contributed by atoms with Crippen molar-refractivity contribution in [3.8, 4) is 5.75 Å². The van der Waals surface area contributed by atoms with Crippen molar-refractivity contribution < 1.29 is 22.8 Å². The molecule has 0 fully saturated rings. The number of phosphoric acid groups is 1. The lowest BCUT2D eigenvalue weighted by molar-refractivity contribution is 0.299. The molecule has 1 aromatic carbocycles. The van der Waals surface area contributed by atoms with E-state index in [-0.39, 0.29) is 5.75 Å². The Balaban J connectivity index is 2.81. The monoisotopic (exact) mass is 204 g/mol. The predicted octanol–water partition coefficient (Wildman–Crippen LogP) is 0.870. The molecule has 0 aliphatic carbocycles. The fourth-order valence-corrected chi connectivity index (χ4v) is 1.15. The van der Waals surface area contributed by atoms with Crippen molar-refractivity contribution in [1.82, 2.24) is 0 Å². The first-order valence-corrected chi connectivity index (χ1v) is 4.87. The van der Waals surface area contributed by atoms with Gasteiger partial charge in [0, 0.05) is 6.07 Å². The molecule has 0 aliphatic rings. The summed E-state index contributed by atoms with van der Waals surface area (Å²) < 4.78 is 32.0. The molecule has 0 radical (unpaired) electrons. The van der Waals surface area contributed by atoms with Gasteiger partial charge in [0.15, 0.2) is 0 Å². The molecule has 13 heavy (non-hydrogen) atoms. The van der Waals surface area contributed by atoms with Gasteiger partial charge in [-0.1, -0.05) is 6.07 Å². The summed E-state index contributed by atoms with van der Waals surface area (Å²) in [6.07, 6.45) is 0. The molecule has 0 bridgehead atoms. The Bertz CT molecular complexity index is 345. The maximum atomic E-state index is 12.6. The van der Waals surface area contributed by atoms with Gasteiger partial charge in [-0.25, -0.2) is 8.96 Å². The average molecular weight is 204 g/mol. The second kappa shape index (κ2) is 3.92. The highest BCUT2D eigenvalue weighted by molar-refractivity contribution is 7.48. The second-order valence-electron chi connectivity index (χ2n) is 2.20. The van der Waals surface area contributed by atoms with Crippen molar-refractivity contribution in [3.63, 3.8) is 0 Å². The standard InChI is InChI=1S/C6H7BFO4P/c7-12-13(9,10)11-6-3-1-2-5(8)4-6/h1-4H,7H2,(H,9,10). The number of hydrogen-bond donors (Lipinski definition) is 1. The molecule has 0 aliphatic heterocycles. The van der Waals surface area contributed by atoms with Crippen LogP contribution in [0.2, 0.25) is 0 Å². The van der Waals surface area contributed by atoms with Crippen molar-refractivity contribution in [3.05, 3.63) is 30.1 Å². The van der Waals surface area contributed by atoms with Gasteiger partial charge >= 0.3 is 7.82 Å². The zero-order chi connectivity index (χ0) is 9.90. The van der Waals surface area contributed by atoms with E-state index in [2.05, 4.69) is 8.96 Å². The number of hydrogen-bond acceptors (Lipinski definition) is 3. The third-order valence-electron chi connectivity index (χ3n) is 1.25. The van der Waals surface area contributed by atoms with Crippen LogP contribution >= 0.6 is 7.82 Å². The first kappa shape index (κ1) is 10.2. The third-order valence-corrected chi connectivity index (χ3v) is 2.15. The highest BCUT2D eigenvalue weighted by Gasteiger charge is 2.19. The normalized spacial score (nSPS) is 14.9. The average Bonchev–Trinajstić information content (AvgIpc) is 2.03. The molecular weight excluding hydrogens is 197 g/mol. The molecule has 1 N–H and O–H groups in total. The summed E-state index contributed by atoms with van der Waals surface area (Å²) in [6.45, 7) is 0. The van der Waals surface area contributed by atoms with Crippen LogP contribution < -0.4 is 4.52 Å². The van der Waals surface area contributed by atoms with E-state index < -0.39 is 13.6 Å². The van der Waals surface area contributed by atoms with Gasteiger partial charge in [0.25, 0.3) is 8.05 Å². The Morgan fingerprint density at radius 3 is 2.77 bits per heavy atom. The quantitative estimate of drug-likeness (QED) is 0.586. The molecule has 0 saturated heterocycles. The van der Waals surface area contributed by atoms with Gasteiger partial charge in [-0.15, -0.1) is 0 Å². The molecular formula is C6H7BFO4P. The molecule has 70 valence electrons. The summed E-state index contributed by atoms with van der Waals surface area (Å²) in [4.78, 5) is 8.86. The van der Waals surface area contributed by atoms with Crippen LogP contribution in [0.3, 0.4) is 0 Å². The molecule has 1 aromatic rings. The van der Waals surface area contributed by atoms with Gasteiger partial charge in [0.2, 0.25) is 0 Å². The first-order valence-electron chi connectivity index (χ1n) is 3.37. The molecule has 1 unspecified atom stereocenters. The zero-order valence-electron chi connectivity index (χ0n) is 6.81. The van der Waals surface area contributed by atoms with Gasteiger partial charge in [0.1, 0.15) is 11.6 Å². The third kappa shape index (κ3) is 3.18. The lowest BCUT2D eigenvalue weighted by Crippen LogP contribution is -1.94. The SMILES string of the molecule is BOP(=O)(O)Oc1cccc(F)c1. The molecule has 7 heteroatoms. The molecule has 1 rings (SSSR count). The number of phosphoric ester groups is 1. The smallest absolute Gasteiger partial charge is 0.405 e.